The van der Waals surface area contributed by atoms with Crippen LogP contribution in [0.25, 0.3) is 10.9 Å². The predicted molar refractivity (Wildman–Crippen MR) is 114 cm³/mol. The summed E-state index contributed by atoms with van der Waals surface area (Å²) in [5.74, 6) is 1.87. The van der Waals surface area contributed by atoms with Crippen LogP contribution in [-0.2, 0) is 19.3 Å². The summed E-state index contributed by atoms with van der Waals surface area (Å²) in [4.78, 5) is 8.85. The fourth-order valence-corrected chi connectivity index (χ4v) is 3.63. The Balaban J connectivity index is 1.26. The maximum atomic E-state index is 5.57. The summed E-state index contributed by atoms with van der Waals surface area (Å²) >= 11 is 0. The maximum Gasteiger partial charge on any atom is 0.190 e. The number of aromatic nitrogens is 1. The molecule has 0 fully saturated rings. The van der Waals surface area contributed by atoms with Crippen LogP contribution in [0.4, 0.5) is 0 Å². The van der Waals surface area contributed by atoms with Gasteiger partial charge in [-0.3, -0.25) is 9.98 Å². The largest absolute Gasteiger partial charge is 0.493 e. The molecule has 1 aliphatic rings. The Morgan fingerprint density at radius 2 is 1.93 bits per heavy atom. The molecule has 0 amide bonds. The number of fused-ring (bicyclic) bond motifs is 2. The second kappa shape index (κ2) is 8.74. The highest BCUT2D eigenvalue weighted by molar-refractivity contribution is 5.82. The summed E-state index contributed by atoms with van der Waals surface area (Å²) in [6, 6.07) is 16.9. The Bertz CT molecular complexity index is 978. The van der Waals surface area contributed by atoms with Crippen molar-refractivity contribution in [2.45, 2.75) is 19.3 Å². The Hall–Kier alpha value is -3.08. The first-order valence-corrected chi connectivity index (χ1v) is 9.85. The van der Waals surface area contributed by atoms with Gasteiger partial charge < -0.3 is 15.4 Å². The zero-order valence-corrected chi connectivity index (χ0v) is 16.2. The number of nitrogens with one attached hydrogen (secondary N) is 2. The molecular formula is C23H26N4O. The van der Waals surface area contributed by atoms with E-state index in [1.54, 1.807) is 0 Å². The Kier molecular flexibility index (Phi) is 5.71. The molecule has 2 aromatic carbocycles. The molecular weight excluding hydrogens is 348 g/mol. The van der Waals surface area contributed by atoms with Crippen molar-refractivity contribution in [3.63, 3.8) is 0 Å². The van der Waals surface area contributed by atoms with Gasteiger partial charge in [-0.25, -0.2) is 0 Å². The first-order valence-electron chi connectivity index (χ1n) is 9.85. The summed E-state index contributed by atoms with van der Waals surface area (Å²) < 4.78 is 5.57. The molecule has 0 aliphatic carbocycles. The van der Waals surface area contributed by atoms with Gasteiger partial charge in [-0.15, -0.1) is 0 Å². The van der Waals surface area contributed by atoms with E-state index < -0.39 is 0 Å². The molecule has 28 heavy (non-hydrogen) atoms. The quantitative estimate of drug-likeness (QED) is 0.514. The third-order valence-corrected chi connectivity index (χ3v) is 5.09. The molecule has 0 bridgehead atoms. The highest BCUT2D eigenvalue weighted by atomic mass is 16.5. The van der Waals surface area contributed by atoms with E-state index in [2.05, 4.69) is 63.1 Å². The first-order chi connectivity index (χ1) is 13.8. The van der Waals surface area contributed by atoms with Crippen LogP contribution in [0, 0.1) is 0 Å². The maximum absolute atomic E-state index is 5.57. The number of ether oxygens (including phenoxy) is 1. The van der Waals surface area contributed by atoms with Gasteiger partial charge in [-0.05, 0) is 41.7 Å². The summed E-state index contributed by atoms with van der Waals surface area (Å²) in [7, 11) is 1.81. The van der Waals surface area contributed by atoms with Gasteiger partial charge in [0, 0.05) is 38.1 Å². The van der Waals surface area contributed by atoms with Gasteiger partial charge in [-0.1, -0.05) is 36.4 Å². The SMILES string of the molecule is CN=C(NCCc1ccc2c(c1)CCO2)NCCc1cccc2cccnc12. The monoisotopic (exact) mass is 374 g/mol. The van der Waals surface area contributed by atoms with Gasteiger partial charge in [0.25, 0.3) is 0 Å². The van der Waals surface area contributed by atoms with Crippen molar-refractivity contribution in [3.8, 4) is 5.75 Å². The molecule has 0 spiro atoms. The molecule has 1 aliphatic heterocycles. The number of nitrogens with zero attached hydrogens (tertiary/aromatic N) is 2. The molecule has 0 atom stereocenters. The van der Waals surface area contributed by atoms with E-state index >= 15 is 0 Å². The summed E-state index contributed by atoms with van der Waals surface area (Å²) in [6.07, 6.45) is 4.73. The van der Waals surface area contributed by atoms with Crippen LogP contribution in [0.3, 0.4) is 0 Å². The fourth-order valence-electron chi connectivity index (χ4n) is 3.63. The third-order valence-electron chi connectivity index (χ3n) is 5.09. The van der Waals surface area contributed by atoms with Gasteiger partial charge >= 0.3 is 0 Å². The molecule has 0 saturated heterocycles. The van der Waals surface area contributed by atoms with Crippen LogP contribution in [0.15, 0.2) is 59.7 Å². The van der Waals surface area contributed by atoms with Crippen LogP contribution in [-0.4, -0.2) is 37.7 Å². The van der Waals surface area contributed by atoms with E-state index in [0.717, 1.165) is 56.2 Å². The van der Waals surface area contributed by atoms with Crippen molar-refractivity contribution in [2.24, 2.45) is 4.99 Å². The molecule has 5 heteroatoms. The minimum atomic E-state index is 0.805. The van der Waals surface area contributed by atoms with Gasteiger partial charge in [-0.2, -0.15) is 0 Å². The van der Waals surface area contributed by atoms with Crippen molar-refractivity contribution in [1.82, 2.24) is 15.6 Å². The van der Waals surface area contributed by atoms with Crippen LogP contribution in [0.2, 0.25) is 0 Å². The summed E-state index contributed by atoms with van der Waals surface area (Å²) in [5.41, 5.74) is 4.98. The molecule has 0 unspecified atom stereocenters. The lowest BCUT2D eigenvalue weighted by molar-refractivity contribution is 0.357. The zero-order valence-electron chi connectivity index (χ0n) is 16.2. The highest BCUT2D eigenvalue weighted by Crippen LogP contribution is 2.25. The number of hydrogen-bond donors (Lipinski definition) is 2. The van der Waals surface area contributed by atoms with Crippen LogP contribution < -0.4 is 15.4 Å². The molecule has 2 heterocycles. The number of para-hydroxylation sites is 1. The summed E-state index contributed by atoms with van der Waals surface area (Å²) in [6.45, 7) is 2.46. The molecule has 0 saturated carbocycles. The fraction of sp³-hybridized carbons (Fsp3) is 0.304. The minimum Gasteiger partial charge on any atom is -0.493 e. The predicted octanol–water partition coefficient (Wildman–Crippen LogP) is 3.12. The standard InChI is InChI=1S/C23H26N4O/c1-24-23(26-13-9-17-7-8-21-20(16-17)11-15-28-21)27-14-10-19-5-2-4-18-6-3-12-25-22(18)19/h2-8,12,16H,9-11,13-15H2,1H3,(H2,24,26,27). The molecule has 0 radical (unpaired) electrons. The van der Waals surface area contributed by atoms with E-state index in [-0.39, 0.29) is 0 Å². The van der Waals surface area contributed by atoms with Crippen molar-refractivity contribution in [1.29, 1.82) is 0 Å². The number of pyridine rings is 1. The topological polar surface area (TPSA) is 58.5 Å². The Morgan fingerprint density at radius 1 is 1.07 bits per heavy atom. The number of rotatable bonds is 6. The smallest absolute Gasteiger partial charge is 0.190 e. The number of benzene rings is 2. The van der Waals surface area contributed by atoms with Crippen LogP contribution >= 0.6 is 0 Å². The van der Waals surface area contributed by atoms with E-state index in [4.69, 9.17) is 4.74 Å². The van der Waals surface area contributed by atoms with E-state index in [0.29, 0.717) is 0 Å². The Labute approximate surface area is 165 Å². The minimum absolute atomic E-state index is 0.805. The lowest BCUT2D eigenvalue weighted by Crippen LogP contribution is -2.39. The molecule has 2 N–H and O–H groups in total. The first kappa shape index (κ1) is 18.3. The van der Waals surface area contributed by atoms with Crippen molar-refractivity contribution < 1.29 is 4.74 Å². The van der Waals surface area contributed by atoms with E-state index in [1.165, 1.54) is 22.1 Å². The summed E-state index contributed by atoms with van der Waals surface area (Å²) in [5, 5.41) is 7.99. The average Bonchev–Trinajstić information content (AvgIpc) is 3.20. The lowest BCUT2D eigenvalue weighted by Gasteiger charge is -2.13. The Morgan fingerprint density at radius 3 is 2.82 bits per heavy atom. The molecule has 3 aromatic rings. The zero-order chi connectivity index (χ0) is 19.2. The van der Waals surface area contributed by atoms with Crippen molar-refractivity contribution in [2.75, 3.05) is 26.7 Å². The normalized spacial score (nSPS) is 13.2. The lowest BCUT2D eigenvalue weighted by atomic mass is 10.1. The van der Waals surface area contributed by atoms with Crippen LogP contribution in [0.5, 0.6) is 5.75 Å². The second-order valence-corrected chi connectivity index (χ2v) is 6.96. The van der Waals surface area contributed by atoms with Gasteiger partial charge in [0.2, 0.25) is 0 Å². The highest BCUT2D eigenvalue weighted by Gasteiger charge is 2.11. The number of hydrogen-bond acceptors (Lipinski definition) is 3. The number of aliphatic imine (C=N–C) groups is 1. The van der Waals surface area contributed by atoms with Gasteiger partial charge in [0.1, 0.15) is 5.75 Å². The average molecular weight is 374 g/mol. The number of guanidine groups is 1. The van der Waals surface area contributed by atoms with Crippen molar-refractivity contribution >= 4 is 16.9 Å². The molecule has 5 nitrogen and oxygen atoms in total. The van der Waals surface area contributed by atoms with Gasteiger partial charge in [0.05, 0.1) is 12.1 Å². The molecule has 144 valence electrons. The third kappa shape index (κ3) is 4.25. The van der Waals surface area contributed by atoms with E-state index in [1.807, 2.05) is 19.3 Å². The van der Waals surface area contributed by atoms with Crippen LogP contribution in [0.1, 0.15) is 16.7 Å². The second-order valence-electron chi connectivity index (χ2n) is 6.96. The molecule has 1 aromatic heterocycles. The van der Waals surface area contributed by atoms with Crippen molar-refractivity contribution in [3.05, 3.63) is 71.4 Å². The van der Waals surface area contributed by atoms with E-state index in [9.17, 15) is 0 Å². The van der Waals surface area contributed by atoms with Gasteiger partial charge in [0.15, 0.2) is 5.96 Å². The molecule has 4 rings (SSSR count).